The Hall–Kier alpha value is -0.900. The van der Waals surface area contributed by atoms with Crippen molar-refractivity contribution in [3.63, 3.8) is 0 Å². The summed E-state index contributed by atoms with van der Waals surface area (Å²) in [7, 11) is 0. The zero-order chi connectivity index (χ0) is 13.7. The molecule has 1 saturated heterocycles. The molecule has 1 aromatic rings. The number of nitrogens with two attached hydrogens (primary N) is 1. The van der Waals surface area contributed by atoms with E-state index in [4.69, 9.17) is 5.73 Å². The number of rotatable bonds is 5. The Balaban J connectivity index is 1.73. The van der Waals surface area contributed by atoms with Gasteiger partial charge in [0, 0.05) is 45.3 Å². The van der Waals surface area contributed by atoms with E-state index in [0.29, 0.717) is 12.0 Å². The summed E-state index contributed by atoms with van der Waals surface area (Å²) in [4.78, 5) is 5.04. The molecule has 1 heterocycles. The molecule has 2 rings (SSSR count). The topological polar surface area (TPSA) is 32.5 Å². The number of hydrogen-bond acceptors (Lipinski definition) is 3. The average Bonchev–Trinajstić information content (AvgIpc) is 2.42. The summed E-state index contributed by atoms with van der Waals surface area (Å²) in [5.41, 5.74) is 7.56. The van der Waals surface area contributed by atoms with Crippen LogP contribution < -0.4 is 5.73 Å². The summed E-state index contributed by atoms with van der Waals surface area (Å²) in [6.07, 6.45) is 0. The lowest BCUT2D eigenvalue weighted by atomic mass is 10.0. The first kappa shape index (κ1) is 14.5. The molecule has 1 fully saturated rings. The Kier molecular flexibility index (Phi) is 5.37. The van der Waals surface area contributed by atoms with Gasteiger partial charge in [-0.1, -0.05) is 44.2 Å². The zero-order valence-electron chi connectivity index (χ0n) is 12.3. The fourth-order valence-corrected chi connectivity index (χ4v) is 2.48. The van der Waals surface area contributed by atoms with Crippen LogP contribution in [0.1, 0.15) is 19.4 Å². The highest BCUT2D eigenvalue weighted by Crippen LogP contribution is 2.09. The second kappa shape index (κ2) is 7.04. The number of piperazine rings is 1. The van der Waals surface area contributed by atoms with E-state index in [9.17, 15) is 0 Å². The van der Waals surface area contributed by atoms with Gasteiger partial charge in [-0.25, -0.2) is 0 Å². The van der Waals surface area contributed by atoms with E-state index in [-0.39, 0.29) is 0 Å². The van der Waals surface area contributed by atoms with Crippen LogP contribution in [0.15, 0.2) is 30.3 Å². The van der Waals surface area contributed by atoms with Crippen molar-refractivity contribution >= 4 is 0 Å². The monoisotopic (exact) mass is 261 g/mol. The first-order chi connectivity index (χ1) is 9.15. The van der Waals surface area contributed by atoms with Gasteiger partial charge in [0.15, 0.2) is 0 Å². The SMILES string of the molecule is CC(C)[C@@H](N)CN1CCN(Cc2ccccc2)CC1. The Morgan fingerprint density at radius 1 is 1.00 bits per heavy atom. The maximum absolute atomic E-state index is 6.15. The molecule has 1 aliphatic heterocycles. The van der Waals surface area contributed by atoms with Crippen LogP contribution in [-0.4, -0.2) is 48.6 Å². The quantitative estimate of drug-likeness (QED) is 0.877. The van der Waals surface area contributed by atoms with Crippen molar-refractivity contribution < 1.29 is 0 Å². The van der Waals surface area contributed by atoms with Gasteiger partial charge in [0.25, 0.3) is 0 Å². The molecule has 3 heteroatoms. The fourth-order valence-electron chi connectivity index (χ4n) is 2.48. The molecule has 0 unspecified atom stereocenters. The summed E-state index contributed by atoms with van der Waals surface area (Å²) in [5, 5.41) is 0. The van der Waals surface area contributed by atoms with Crippen LogP contribution in [0.25, 0.3) is 0 Å². The van der Waals surface area contributed by atoms with Gasteiger partial charge in [0.2, 0.25) is 0 Å². The van der Waals surface area contributed by atoms with Crippen molar-refractivity contribution in [1.82, 2.24) is 9.80 Å². The average molecular weight is 261 g/mol. The first-order valence-corrected chi connectivity index (χ1v) is 7.39. The molecule has 0 aliphatic carbocycles. The highest BCUT2D eigenvalue weighted by Gasteiger charge is 2.19. The second-order valence-electron chi connectivity index (χ2n) is 5.97. The van der Waals surface area contributed by atoms with E-state index in [1.807, 2.05) is 0 Å². The molecule has 0 bridgehead atoms. The highest BCUT2D eigenvalue weighted by atomic mass is 15.3. The Morgan fingerprint density at radius 2 is 1.58 bits per heavy atom. The number of hydrogen-bond donors (Lipinski definition) is 1. The van der Waals surface area contributed by atoms with E-state index >= 15 is 0 Å². The van der Waals surface area contributed by atoms with Crippen molar-refractivity contribution in [2.45, 2.75) is 26.4 Å². The van der Waals surface area contributed by atoms with Crippen LogP contribution in [0.2, 0.25) is 0 Å². The van der Waals surface area contributed by atoms with E-state index in [0.717, 1.165) is 39.3 Å². The third-order valence-corrected chi connectivity index (χ3v) is 4.04. The van der Waals surface area contributed by atoms with Gasteiger partial charge in [0.05, 0.1) is 0 Å². The molecule has 0 spiro atoms. The van der Waals surface area contributed by atoms with Crippen molar-refractivity contribution in [2.24, 2.45) is 11.7 Å². The Labute approximate surface area is 117 Å². The van der Waals surface area contributed by atoms with Gasteiger partial charge in [-0.05, 0) is 11.5 Å². The largest absolute Gasteiger partial charge is 0.326 e. The lowest BCUT2D eigenvalue weighted by molar-refractivity contribution is 0.117. The summed E-state index contributed by atoms with van der Waals surface area (Å²) in [6, 6.07) is 11.0. The lowest BCUT2D eigenvalue weighted by Crippen LogP contribution is -2.50. The van der Waals surface area contributed by atoms with Crippen molar-refractivity contribution in [3.05, 3.63) is 35.9 Å². The molecule has 0 aromatic heterocycles. The van der Waals surface area contributed by atoms with Crippen LogP contribution >= 0.6 is 0 Å². The molecule has 1 aliphatic rings. The highest BCUT2D eigenvalue weighted by molar-refractivity contribution is 5.14. The molecule has 2 N–H and O–H groups in total. The number of nitrogens with zero attached hydrogens (tertiary/aromatic N) is 2. The first-order valence-electron chi connectivity index (χ1n) is 7.39. The molecule has 106 valence electrons. The summed E-state index contributed by atoms with van der Waals surface area (Å²) in [6.45, 7) is 11.1. The fraction of sp³-hybridized carbons (Fsp3) is 0.625. The smallest absolute Gasteiger partial charge is 0.0234 e. The molecule has 3 nitrogen and oxygen atoms in total. The van der Waals surface area contributed by atoms with E-state index in [2.05, 4.69) is 54.0 Å². The molecular formula is C16H27N3. The molecule has 0 saturated carbocycles. The van der Waals surface area contributed by atoms with Crippen LogP contribution in [0.4, 0.5) is 0 Å². The van der Waals surface area contributed by atoms with Crippen LogP contribution in [0, 0.1) is 5.92 Å². The normalized spacial score (nSPS) is 19.8. The maximum Gasteiger partial charge on any atom is 0.0234 e. The predicted molar refractivity (Wildman–Crippen MR) is 81.0 cm³/mol. The van der Waals surface area contributed by atoms with Crippen molar-refractivity contribution in [3.8, 4) is 0 Å². The van der Waals surface area contributed by atoms with Gasteiger partial charge in [0.1, 0.15) is 0 Å². The van der Waals surface area contributed by atoms with Crippen LogP contribution in [0.5, 0.6) is 0 Å². The predicted octanol–water partition coefficient (Wildman–Crippen LogP) is 1.79. The third kappa shape index (κ3) is 4.60. The van der Waals surface area contributed by atoms with Gasteiger partial charge >= 0.3 is 0 Å². The lowest BCUT2D eigenvalue weighted by Gasteiger charge is -2.36. The molecule has 0 amide bonds. The standard InChI is InChI=1S/C16H27N3/c1-14(2)16(17)13-19-10-8-18(9-11-19)12-15-6-4-3-5-7-15/h3-7,14,16H,8-13,17H2,1-2H3/t16-/m0/s1. The Bertz CT molecular complexity index is 356. The molecule has 1 aromatic carbocycles. The Morgan fingerprint density at radius 3 is 2.16 bits per heavy atom. The summed E-state index contributed by atoms with van der Waals surface area (Å²) in [5.74, 6) is 0.572. The van der Waals surface area contributed by atoms with Crippen molar-refractivity contribution in [1.29, 1.82) is 0 Å². The van der Waals surface area contributed by atoms with E-state index < -0.39 is 0 Å². The molecular weight excluding hydrogens is 234 g/mol. The van der Waals surface area contributed by atoms with Gasteiger partial charge in [-0.15, -0.1) is 0 Å². The number of benzene rings is 1. The van der Waals surface area contributed by atoms with Crippen LogP contribution in [0.3, 0.4) is 0 Å². The maximum atomic E-state index is 6.15. The minimum Gasteiger partial charge on any atom is -0.326 e. The minimum absolute atomic E-state index is 0.306. The van der Waals surface area contributed by atoms with Gasteiger partial charge in [-0.3, -0.25) is 9.80 Å². The molecule has 19 heavy (non-hydrogen) atoms. The summed E-state index contributed by atoms with van der Waals surface area (Å²) < 4.78 is 0. The van der Waals surface area contributed by atoms with E-state index in [1.54, 1.807) is 0 Å². The summed E-state index contributed by atoms with van der Waals surface area (Å²) >= 11 is 0. The van der Waals surface area contributed by atoms with Crippen LogP contribution in [-0.2, 0) is 6.54 Å². The van der Waals surface area contributed by atoms with E-state index in [1.165, 1.54) is 5.56 Å². The van der Waals surface area contributed by atoms with Gasteiger partial charge in [-0.2, -0.15) is 0 Å². The molecule has 0 radical (unpaired) electrons. The third-order valence-electron chi connectivity index (χ3n) is 4.04. The van der Waals surface area contributed by atoms with Crippen molar-refractivity contribution in [2.75, 3.05) is 32.7 Å². The second-order valence-corrected chi connectivity index (χ2v) is 5.97. The molecule has 1 atom stereocenters. The van der Waals surface area contributed by atoms with Gasteiger partial charge < -0.3 is 5.73 Å². The zero-order valence-corrected chi connectivity index (χ0v) is 12.3. The minimum atomic E-state index is 0.306.